The van der Waals surface area contributed by atoms with Gasteiger partial charge in [-0.25, -0.2) is 0 Å². The molecule has 0 heterocycles. The van der Waals surface area contributed by atoms with Gasteiger partial charge in [0, 0.05) is 12.1 Å². The molecule has 0 saturated carbocycles. The van der Waals surface area contributed by atoms with Crippen LogP contribution in [-0.4, -0.2) is 106 Å². The minimum absolute atomic E-state index is 0.0239. The van der Waals surface area contributed by atoms with Crippen LogP contribution in [0.2, 0.25) is 0 Å². The van der Waals surface area contributed by atoms with Crippen LogP contribution >= 0.6 is 0 Å². The van der Waals surface area contributed by atoms with E-state index in [4.69, 9.17) is 47.7 Å². The van der Waals surface area contributed by atoms with Crippen LogP contribution < -0.4 is 18.9 Å². The van der Waals surface area contributed by atoms with E-state index in [0.717, 1.165) is 47.0 Å². The number of aryl methyl sites for hydroxylation is 2. The molecule has 0 saturated heterocycles. The Kier molecular flexibility index (Phi) is 17.8. The third kappa shape index (κ3) is 14.9. The van der Waals surface area contributed by atoms with Crippen LogP contribution in [0.15, 0.2) is 36.4 Å². The summed E-state index contributed by atoms with van der Waals surface area (Å²) < 4.78 is 49.1. The number of aliphatic hydroxyl groups excluding tert-OH is 1. The summed E-state index contributed by atoms with van der Waals surface area (Å²) in [6.07, 6.45) is 1.64. The zero-order chi connectivity index (χ0) is 28.0. The van der Waals surface area contributed by atoms with Gasteiger partial charge in [0.25, 0.3) is 0 Å². The van der Waals surface area contributed by atoms with Gasteiger partial charge >= 0.3 is 0 Å². The van der Waals surface area contributed by atoms with Crippen molar-refractivity contribution in [2.24, 2.45) is 0 Å². The van der Waals surface area contributed by atoms with Crippen molar-refractivity contribution >= 4 is 0 Å². The maximum absolute atomic E-state index is 8.59. The van der Waals surface area contributed by atoms with E-state index in [1.165, 1.54) is 0 Å². The average molecular weight is 553 g/mol. The molecule has 0 aromatic heterocycles. The first-order valence-electron chi connectivity index (χ1n) is 13.2. The van der Waals surface area contributed by atoms with E-state index >= 15 is 0 Å². The van der Waals surface area contributed by atoms with Crippen LogP contribution in [0.1, 0.15) is 11.1 Å². The normalized spacial score (nSPS) is 11.0. The van der Waals surface area contributed by atoms with E-state index in [-0.39, 0.29) is 6.61 Å². The van der Waals surface area contributed by atoms with Crippen LogP contribution in [0, 0.1) is 0 Å². The van der Waals surface area contributed by atoms with E-state index in [9.17, 15) is 0 Å². The summed E-state index contributed by atoms with van der Waals surface area (Å²) in [5.74, 6) is 3.04. The van der Waals surface area contributed by atoms with Gasteiger partial charge in [0.1, 0.15) is 29.6 Å². The highest BCUT2D eigenvalue weighted by Crippen LogP contribution is 2.26. The van der Waals surface area contributed by atoms with Crippen molar-refractivity contribution in [3.63, 3.8) is 0 Å². The number of hydrogen-bond acceptors (Lipinski definition) is 10. The zero-order valence-corrected chi connectivity index (χ0v) is 23.5. The Hall–Kier alpha value is -2.60. The van der Waals surface area contributed by atoms with E-state index in [1.807, 2.05) is 36.4 Å². The minimum atomic E-state index is 0.0239. The molecule has 0 aliphatic rings. The van der Waals surface area contributed by atoms with E-state index < -0.39 is 0 Å². The highest BCUT2D eigenvalue weighted by atomic mass is 16.6. The van der Waals surface area contributed by atoms with Crippen molar-refractivity contribution in [1.82, 2.24) is 0 Å². The molecule has 0 radical (unpaired) electrons. The molecule has 0 fully saturated rings. The van der Waals surface area contributed by atoms with Gasteiger partial charge in [-0.3, -0.25) is 0 Å². The Bertz CT molecular complexity index is 870. The molecule has 0 spiro atoms. The van der Waals surface area contributed by atoms with Gasteiger partial charge in [0.15, 0.2) is 0 Å². The lowest BCUT2D eigenvalue weighted by Gasteiger charge is -2.12. The summed E-state index contributed by atoms with van der Waals surface area (Å²) in [5, 5.41) is 8.59. The van der Waals surface area contributed by atoms with Crippen molar-refractivity contribution in [2.75, 3.05) is 101 Å². The lowest BCUT2D eigenvalue weighted by atomic mass is 10.0. The van der Waals surface area contributed by atoms with E-state index in [2.05, 4.69) is 0 Å². The second-order valence-corrected chi connectivity index (χ2v) is 8.37. The molecule has 0 aliphatic heterocycles. The number of ether oxygens (including phenoxy) is 9. The number of rotatable bonds is 24. The summed E-state index contributed by atoms with van der Waals surface area (Å²) in [5.41, 5.74) is 2.24. The van der Waals surface area contributed by atoms with Crippen LogP contribution in [0.3, 0.4) is 0 Å². The molecule has 39 heavy (non-hydrogen) atoms. The average Bonchev–Trinajstić information content (AvgIpc) is 2.97. The standard InChI is InChI=1S/C29H44O10/c1-31-26-18-24(19-27(22-26)32-2)4-5-25-20-28(33-3)23-29(21-25)39-17-16-38-15-14-37-13-12-36-11-10-35-9-8-34-7-6-30/h18-23,30H,4-17H2,1-3H3. The molecule has 2 aromatic carbocycles. The molecule has 10 nitrogen and oxygen atoms in total. The maximum atomic E-state index is 8.59. The predicted molar refractivity (Wildman–Crippen MR) is 147 cm³/mol. The monoisotopic (exact) mass is 552 g/mol. The highest BCUT2D eigenvalue weighted by molar-refractivity contribution is 5.41. The van der Waals surface area contributed by atoms with Crippen LogP contribution in [0.5, 0.6) is 23.0 Å². The summed E-state index contributed by atoms with van der Waals surface area (Å²) >= 11 is 0. The van der Waals surface area contributed by atoms with Crippen molar-refractivity contribution < 1.29 is 47.7 Å². The van der Waals surface area contributed by atoms with Crippen LogP contribution in [0.25, 0.3) is 0 Å². The third-order valence-corrected chi connectivity index (χ3v) is 5.51. The highest BCUT2D eigenvalue weighted by Gasteiger charge is 2.06. The molecule has 2 rings (SSSR count). The van der Waals surface area contributed by atoms with Gasteiger partial charge in [-0.2, -0.15) is 0 Å². The molecule has 220 valence electrons. The number of aliphatic hydroxyl groups is 1. The molecule has 0 atom stereocenters. The fraction of sp³-hybridized carbons (Fsp3) is 0.586. The topological polar surface area (TPSA) is 103 Å². The number of benzene rings is 2. The Morgan fingerprint density at radius 2 is 0.769 bits per heavy atom. The van der Waals surface area contributed by atoms with Crippen molar-refractivity contribution in [1.29, 1.82) is 0 Å². The lowest BCUT2D eigenvalue weighted by Crippen LogP contribution is -2.14. The maximum Gasteiger partial charge on any atom is 0.123 e. The fourth-order valence-corrected chi connectivity index (χ4v) is 3.54. The Labute approximate surface area is 232 Å². The first kappa shape index (κ1) is 32.6. The number of methoxy groups -OCH3 is 3. The Morgan fingerprint density at radius 3 is 1.15 bits per heavy atom. The molecule has 2 aromatic rings. The summed E-state index contributed by atoms with van der Waals surface area (Å²) in [6, 6.07) is 11.8. The second kappa shape index (κ2) is 21.2. The van der Waals surface area contributed by atoms with Crippen molar-refractivity contribution in [3.05, 3.63) is 47.5 Å². The van der Waals surface area contributed by atoms with Gasteiger partial charge in [-0.15, -0.1) is 0 Å². The Balaban J connectivity index is 1.56. The molecule has 0 aliphatic carbocycles. The second-order valence-electron chi connectivity index (χ2n) is 8.37. The third-order valence-electron chi connectivity index (χ3n) is 5.51. The molecular formula is C29H44O10. The molecule has 1 N–H and O–H groups in total. The summed E-state index contributed by atoms with van der Waals surface area (Å²) in [7, 11) is 4.95. The quantitative estimate of drug-likeness (QED) is 0.196. The van der Waals surface area contributed by atoms with Gasteiger partial charge in [0.05, 0.1) is 94.0 Å². The summed E-state index contributed by atoms with van der Waals surface area (Å²) in [4.78, 5) is 0. The van der Waals surface area contributed by atoms with Crippen LogP contribution in [0.4, 0.5) is 0 Å². The SMILES string of the molecule is COc1cc(CCc2cc(OC)cc(OCCOCCOCCOCCOCCOCCO)c2)cc(OC)c1. The number of hydrogen-bond donors (Lipinski definition) is 1. The van der Waals surface area contributed by atoms with Crippen LogP contribution in [-0.2, 0) is 36.5 Å². The van der Waals surface area contributed by atoms with Gasteiger partial charge in [-0.05, 0) is 48.2 Å². The molecule has 10 heteroatoms. The largest absolute Gasteiger partial charge is 0.497 e. The Morgan fingerprint density at radius 1 is 0.436 bits per heavy atom. The summed E-state index contributed by atoms with van der Waals surface area (Å²) in [6.45, 7) is 5.15. The molecular weight excluding hydrogens is 508 g/mol. The molecule has 0 bridgehead atoms. The van der Waals surface area contributed by atoms with E-state index in [0.29, 0.717) is 72.7 Å². The first-order chi connectivity index (χ1) is 19.2. The van der Waals surface area contributed by atoms with Gasteiger partial charge in [-0.1, -0.05) is 0 Å². The predicted octanol–water partition coefficient (Wildman–Crippen LogP) is 2.95. The molecule has 0 amide bonds. The first-order valence-corrected chi connectivity index (χ1v) is 13.2. The zero-order valence-electron chi connectivity index (χ0n) is 23.5. The fourth-order valence-electron chi connectivity index (χ4n) is 3.54. The minimum Gasteiger partial charge on any atom is -0.497 e. The van der Waals surface area contributed by atoms with Crippen molar-refractivity contribution in [3.8, 4) is 23.0 Å². The van der Waals surface area contributed by atoms with Crippen molar-refractivity contribution in [2.45, 2.75) is 12.8 Å². The lowest BCUT2D eigenvalue weighted by molar-refractivity contribution is -0.0146. The molecule has 0 unspecified atom stereocenters. The van der Waals surface area contributed by atoms with Gasteiger partial charge < -0.3 is 47.7 Å². The smallest absolute Gasteiger partial charge is 0.123 e. The van der Waals surface area contributed by atoms with Gasteiger partial charge in [0.2, 0.25) is 0 Å². The van der Waals surface area contributed by atoms with E-state index in [1.54, 1.807) is 21.3 Å².